The van der Waals surface area contributed by atoms with Crippen LogP contribution in [-0.4, -0.2) is 49.3 Å². The number of methoxy groups -OCH3 is 3. The molecule has 0 spiro atoms. The van der Waals surface area contributed by atoms with E-state index in [1.165, 1.54) is 40.5 Å². The van der Waals surface area contributed by atoms with Gasteiger partial charge in [0, 0.05) is 31.2 Å². The van der Waals surface area contributed by atoms with Gasteiger partial charge in [-0.2, -0.15) is 4.99 Å². The molecule has 0 amide bonds. The van der Waals surface area contributed by atoms with Crippen LogP contribution in [0.25, 0.3) is 0 Å². The molecule has 2 N–H and O–H groups in total. The number of ether oxygens (including phenoxy) is 4. The Labute approximate surface area is 150 Å². The third-order valence-corrected chi connectivity index (χ3v) is 3.81. The number of nitro groups is 1. The molecule has 0 bridgehead atoms. The van der Waals surface area contributed by atoms with E-state index in [2.05, 4.69) is 10.3 Å². The topological polar surface area (TPSA) is 125 Å². The fraction of sp³-hybridized carbons (Fsp3) is 0.438. The van der Waals surface area contributed by atoms with Crippen LogP contribution in [0.3, 0.4) is 0 Å². The van der Waals surface area contributed by atoms with Gasteiger partial charge in [0.05, 0.1) is 19.8 Å². The Balaban J connectivity index is 2.48. The maximum atomic E-state index is 11.1. The van der Waals surface area contributed by atoms with Crippen molar-refractivity contribution >= 4 is 5.90 Å². The summed E-state index contributed by atoms with van der Waals surface area (Å²) in [6, 6.07) is 1.75. The molecule has 1 aliphatic heterocycles. The third-order valence-electron chi connectivity index (χ3n) is 3.81. The van der Waals surface area contributed by atoms with Gasteiger partial charge in [-0.3, -0.25) is 10.1 Å². The number of aliphatic hydroxyl groups excluding tert-OH is 1. The number of hydrogen-bond donors (Lipinski definition) is 2. The first-order chi connectivity index (χ1) is 12.4. The van der Waals surface area contributed by atoms with Crippen molar-refractivity contribution in [1.29, 1.82) is 0 Å². The molecule has 0 radical (unpaired) electrons. The first-order valence-corrected chi connectivity index (χ1v) is 7.68. The molecule has 1 heterocycles. The molecular formula is C16H21N3O7. The zero-order chi connectivity index (χ0) is 19.3. The molecule has 0 fully saturated rings. The second-order valence-electron chi connectivity index (χ2n) is 5.36. The molecule has 3 atom stereocenters. The van der Waals surface area contributed by atoms with Crippen LogP contribution in [0.1, 0.15) is 18.6 Å². The van der Waals surface area contributed by atoms with Gasteiger partial charge in [0.15, 0.2) is 6.10 Å². The number of hydrogen-bond acceptors (Lipinski definition) is 9. The highest BCUT2D eigenvalue weighted by molar-refractivity contribution is 5.88. The van der Waals surface area contributed by atoms with Crippen LogP contribution in [0.4, 0.5) is 0 Å². The Morgan fingerprint density at radius 2 is 1.96 bits per heavy atom. The minimum atomic E-state index is -1.67. The molecule has 0 saturated carbocycles. The van der Waals surface area contributed by atoms with Crippen molar-refractivity contribution in [1.82, 2.24) is 5.32 Å². The van der Waals surface area contributed by atoms with Crippen LogP contribution in [0.15, 0.2) is 35.5 Å². The van der Waals surface area contributed by atoms with Gasteiger partial charge in [0.25, 0.3) is 0 Å². The van der Waals surface area contributed by atoms with Gasteiger partial charge in [0.2, 0.25) is 11.9 Å². The summed E-state index contributed by atoms with van der Waals surface area (Å²) in [5.41, 5.74) is 0.112. The highest BCUT2D eigenvalue weighted by Gasteiger charge is 2.38. The Morgan fingerprint density at radius 3 is 2.54 bits per heavy atom. The third kappa shape index (κ3) is 3.86. The van der Waals surface area contributed by atoms with Crippen LogP contribution in [0, 0.1) is 10.1 Å². The number of aliphatic imine (C=N–C) groups is 1. The van der Waals surface area contributed by atoms with Crippen molar-refractivity contribution in [3.8, 4) is 11.5 Å². The molecule has 10 heteroatoms. The number of aliphatic hydroxyl groups is 1. The van der Waals surface area contributed by atoms with Crippen LogP contribution in [0.5, 0.6) is 11.5 Å². The Kier molecular flexibility index (Phi) is 6.01. The summed E-state index contributed by atoms with van der Waals surface area (Å²) in [5.74, 6) is 0.584. The van der Waals surface area contributed by atoms with Crippen molar-refractivity contribution in [3.63, 3.8) is 0 Å². The largest absolute Gasteiger partial charge is 0.496 e. The molecule has 142 valence electrons. The fourth-order valence-corrected chi connectivity index (χ4v) is 2.33. The first-order valence-electron chi connectivity index (χ1n) is 7.68. The summed E-state index contributed by atoms with van der Waals surface area (Å²) in [6.07, 6.45) is 1.61. The number of benzene rings is 1. The van der Waals surface area contributed by atoms with E-state index < -0.39 is 23.1 Å². The van der Waals surface area contributed by atoms with Gasteiger partial charge >= 0.3 is 6.03 Å². The molecule has 0 aliphatic carbocycles. The highest BCUT2D eigenvalue weighted by Crippen LogP contribution is 2.38. The van der Waals surface area contributed by atoms with E-state index >= 15 is 0 Å². The molecule has 1 aromatic carbocycles. The zero-order valence-corrected chi connectivity index (χ0v) is 14.8. The van der Waals surface area contributed by atoms with E-state index in [9.17, 15) is 15.2 Å². The quantitative estimate of drug-likeness (QED) is 0.418. The minimum absolute atomic E-state index is 0.106. The van der Waals surface area contributed by atoms with E-state index in [-0.39, 0.29) is 23.0 Å². The normalized spacial score (nSPS) is 21.2. The second-order valence-corrected chi connectivity index (χ2v) is 5.36. The van der Waals surface area contributed by atoms with E-state index in [0.29, 0.717) is 0 Å². The zero-order valence-electron chi connectivity index (χ0n) is 14.8. The van der Waals surface area contributed by atoms with Crippen LogP contribution in [0.2, 0.25) is 0 Å². The molecule has 0 saturated heterocycles. The van der Waals surface area contributed by atoms with E-state index in [4.69, 9.17) is 18.9 Å². The molecule has 2 rings (SSSR count). The number of rotatable bonds is 7. The van der Waals surface area contributed by atoms with Crippen molar-refractivity contribution in [2.75, 3.05) is 21.3 Å². The summed E-state index contributed by atoms with van der Waals surface area (Å²) in [4.78, 5) is 14.7. The van der Waals surface area contributed by atoms with Crippen molar-refractivity contribution in [3.05, 3.63) is 46.2 Å². The van der Waals surface area contributed by atoms with Gasteiger partial charge in [0.1, 0.15) is 11.5 Å². The molecule has 3 unspecified atom stereocenters. The average Bonchev–Trinajstić information content (AvgIpc) is 2.66. The summed E-state index contributed by atoms with van der Waals surface area (Å²) in [5, 5.41) is 24.4. The molecular weight excluding hydrogens is 346 g/mol. The van der Waals surface area contributed by atoms with Gasteiger partial charge < -0.3 is 29.4 Å². The summed E-state index contributed by atoms with van der Waals surface area (Å²) >= 11 is 0. The molecule has 10 nitrogen and oxygen atoms in total. The maximum absolute atomic E-state index is 11.1. The number of nitrogens with one attached hydrogen (secondary N) is 1. The van der Waals surface area contributed by atoms with E-state index in [0.717, 1.165) is 0 Å². The highest BCUT2D eigenvalue weighted by atomic mass is 16.7. The van der Waals surface area contributed by atoms with Crippen LogP contribution < -0.4 is 14.8 Å². The van der Waals surface area contributed by atoms with Crippen LogP contribution >= 0.6 is 0 Å². The smallest absolute Gasteiger partial charge is 0.406 e. The summed E-state index contributed by atoms with van der Waals surface area (Å²) in [7, 11) is 4.19. The average molecular weight is 367 g/mol. The molecule has 1 aliphatic rings. The van der Waals surface area contributed by atoms with Gasteiger partial charge in [-0.05, 0) is 12.1 Å². The Hall–Kier alpha value is -2.85. The second kappa shape index (κ2) is 8.02. The lowest BCUT2D eigenvalue weighted by atomic mass is 10.0. The van der Waals surface area contributed by atoms with Gasteiger partial charge in [-0.25, -0.2) is 0 Å². The standard InChI is InChI=1S/C16H21N3O7/c1-10(19(21)22)15(20)14-11(23-2)6-5-7-12(14)26-16(25-4)17-9-8-13(18-16)24-3/h5-10,15,17,20H,1-4H3. The Bertz CT molecular complexity index is 722. The predicted molar refractivity (Wildman–Crippen MR) is 91.5 cm³/mol. The monoisotopic (exact) mass is 367 g/mol. The van der Waals surface area contributed by atoms with E-state index in [1.807, 2.05) is 0 Å². The van der Waals surface area contributed by atoms with Crippen LogP contribution in [-0.2, 0) is 9.47 Å². The SMILES string of the molecule is COC1=NC(OC)(Oc2cccc(OC)c2C(O)C(C)[N+](=O)[O-])NC=C1. The minimum Gasteiger partial charge on any atom is -0.496 e. The van der Waals surface area contributed by atoms with Crippen molar-refractivity contribution < 1.29 is 29.0 Å². The van der Waals surface area contributed by atoms with Crippen molar-refractivity contribution in [2.45, 2.75) is 25.1 Å². The first kappa shape index (κ1) is 19.5. The fourth-order valence-electron chi connectivity index (χ4n) is 2.33. The summed E-state index contributed by atoms with van der Waals surface area (Å²) in [6.45, 7) is 1.29. The molecule has 1 aromatic rings. The lowest BCUT2D eigenvalue weighted by Crippen LogP contribution is -2.50. The number of nitrogens with zero attached hydrogens (tertiary/aromatic N) is 2. The van der Waals surface area contributed by atoms with Gasteiger partial charge in [-0.1, -0.05) is 6.07 Å². The Morgan fingerprint density at radius 1 is 1.27 bits per heavy atom. The molecule has 26 heavy (non-hydrogen) atoms. The lowest BCUT2D eigenvalue weighted by molar-refractivity contribution is -0.531. The van der Waals surface area contributed by atoms with E-state index in [1.54, 1.807) is 18.2 Å². The maximum Gasteiger partial charge on any atom is 0.406 e. The summed E-state index contributed by atoms with van der Waals surface area (Å²) < 4.78 is 21.5. The predicted octanol–water partition coefficient (Wildman–Crippen LogP) is 1.19. The van der Waals surface area contributed by atoms with Gasteiger partial charge in [-0.15, -0.1) is 0 Å². The molecule has 0 aromatic heterocycles. The lowest BCUT2D eigenvalue weighted by Gasteiger charge is -2.32. The van der Waals surface area contributed by atoms with Crippen molar-refractivity contribution in [2.24, 2.45) is 4.99 Å².